The minimum atomic E-state index is 0.352. The number of benzene rings is 1. The van der Waals surface area contributed by atoms with Crippen molar-refractivity contribution in [3.05, 3.63) is 46.7 Å². The van der Waals surface area contributed by atoms with Crippen LogP contribution in [-0.2, 0) is 11.3 Å². The molecule has 0 saturated heterocycles. The van der Waals surface area contributed by atoms with E-state index in [0.717, 1.165) is 10.8 Å². The highest BCUT2D eigenvalue weighted by Gasteiger charge is 2.14. The highest BCUT2D eigenvalue weighted by Crippen LogP contribution is 2.28. The second-order valence-corrected chi connectivity index (χ2v) is 5.30. The molecule has 5 nitrogen and oxygen atoms in total. The van der Waals surface area contributed by atoms with Gasteiger partial charge < -0.3 is 10.5 Å². The molecule has 106 valence electrons. The van der Waals surface area contributed by atoms with Crippen LogP contribution >= 0.6 is 15.9 Å². The van der Waals surface area contributed by atoms with Crippen molar-refractivity contribution in [2.24, 2.45) is 0 Å². The zero-order valence-corrected chi connectivity index (χ0v) is 13.0. The van der Waals surface area contributed by atoms with Gasteiger partial charge in [0.25, 0.3) is 0 Å². The minimum absolute atomic E-state index is 0.352. The normalized spacial score (nSPS) is 11.0. The number of nitrogens with two attached hydrogens (primary N) is 1. The highest BCUT2D eigenvalue weighted by molar-refractivity contribution is 9.10. The molecule has 0 aliphatic carbocycles. The molecule has 6 heteroatoms. The summed E-state index contributed by atoms with van der Waals surface area (Å²) in [6.45, 7) is 0.352. The van der Waals surface area contributed by atoms with Crippen molar-refractivity contribution in [1.29, 1.82) is 0 Å². The second kappa shape index (κ2) is 5.75. The van der Waals surface area contributed by atoms with Crippen molar-refractivity contribution in [1.82, 2.24) is 15.0 Å². The molecule has 0 spiro atoms. The Morgan fingerprint density at radius 2 is 2.00 bits per heavy atom. The smallest absolute Gasteiger partial charge is 0.181 e. The van der Waals surface area contributed by atoms with Crippen LogP contribution < -0.4 is 5.73 Å². The molecular weight excluding hydrogens is 332 g/mol. The maximum atomic E-state index is 5.95. The quantitative estimate of drug-likeness (QED) is 0.789. The molecule has 0 bridgehead atoms. The number of ether oxygens (including phenoxy) is 1. The number of nitrogens with zero attached hydrogens (tertiary/aromatic N) is 3. The van der Waals surface area contributed by atoms with Crippen LogP contribution in [0.2, 0.25) is 0 Å². The number of rotatable bonds is 3. The molecule has 3 aromatic rings. The van der Waals surface area contributed by atoms with Gasteiger partial charge in [0.2, 0.25) is 0 Å². The Labute approximate surface area is 130 Å². The summed E-state index contributed by atoms with van der Waals surface area (Å²) in [6, 6.07) is 9.93. The maximum Gasteiger partial charge on any atom is 0.181 e. The molecule has 0 fully saturated rings. The predicted molar refractivity (Wildman–Crippen MR) is 85.6 cm³/mol. The Morgan fingerprint density at radius 3 is 2.81 bits per heavy atom. The summed E-state index contributed by atoms with van der Waals surface area (Å²) in [5.74, 6) is 0.876. The summed E-state index contributed by atoms with van der Waals surface area (Å²) < 4.78 is 5.81. The largest absolute Gasteiger partial charge is 0.383 e. The fourth-order valence-electron chi connectivity index (χ4n) is 2.15. The highest BCUT2D eigenvalue weighted by atomic mass is 79.9. The van der Waals surface area contributed by atoms with E-state index in [4.69, 9.17) is 10.5 Å². The van der Waals surface area contributed by atoms with E-state index < -0.39 is 0 Å². The number of pyridine rings is 1. The second-order valence-electron chi connectivity index (χ2n) is 4.51. The van der Waals surface area contributed by atoms with Gasteiger partial charge in [0.05, 0.1) is 16.8 Å². The summed E-state index contributed by atoms with van der Waals surface area (Å²) in [5.41, 5.74) is 7.37. The van der Waals surface area contributed by atoms with E-state index in [-0.39, 0.29) is 0 Å². The van der Waals surface area contributed by atoms with Gasteiger partial charge in [-0.3, -0.25) is 4.98 Å². The average Bonchev–Trinajstić information content (AvgIpc) is 2.51. The predicted octanol–water partition coefficient (Wildman–Crippen LogP) is 3.18. The van der Waals surface area contributed by atoms with Crippen molar-refractivity contribution in [2.75, 3.05) is 12.8 Å². The summed E-state index contributed by atoms with van der Waals surface area (Å²) in [5, 5.41) is 2.07. The molecule has 21 heavy (non-hydrogen) atoms. The summed E-state index contributed by atoms with van der Waals surface area (Å²) in [7, 11) is 1.61. The summed E-state index contributed by atoms with van der Waals surface area (Å²) in [4.78, 5) is 13.3. The molecule has 1 aromatic carbocycles. The van der Waals surface area contributed by atoms with Crippen LogP contribution in [0.15, 0.2) is 41.0 Å². The SMILES string of the molecule is COCc1nc(-c2nccc3ccccc23)nc(N)c1Br. The van der Waals surface area contributed by atoms with E-state index in [9.17, 15) is 0 Å². The third kappa shape index (κ3) is 2.59. The molecule has 2 N–H and O–H groups in total. The molecule has 0 unspecified atom stereocenters. The first kappa shape index (κ1) is 13.9. The molecule has 3 rings (SSSR count). The Kier molecular flexibility index (Phi) is 3.81. The van der Waals surface area contributed by atoms with Gasteiger partial charge in [0.1, 0.15) is 11.5 Å². The van der Waals surface area contributed by atoms with E-state index in [1.807, 2.05) is 30.3 Å². The number of hydrogen-bond acceptors (Lipinski definition) is 5. The molecule has 0 aliphatic rings. The van der Waals surface area contributed by atoms with Gasteiger partial charge in [-0.15, -0.1) is 0 Å². The Balaban J connectivity index is 2.23. The first-order chi connectivity index (χ1) is 10.2. The monoisotopic (exact) mass is 344 g/mol. The van der Waals surface area contributed by atoms with Gasteiger partial charge in [0, 0.05) is 18.7 Å². The summed E-state index contributed by atoms with van der Waals surface area (Å²) in [6.07, 6.45) is 1.75. The van der Waals surface area contributed by atoms with E-state index in [1.165, 1.54) is 0 Å². The van der Waals surface area contributed by atoms with Gasteiger partial charge in [-0.25, -0.2) is 9.97 Å². The van der Waals surface area contributed by atoms with Gasteiger partial charge in [-0.1, -0.05) is 24.3 Å². The summed E-state index contributed by atoms with van der Waals surface area (Å²) >= 11 is 3.39. The first-order valence-corrected chi connectivity index (χ1v) is 7.15. The number of aromatic nitrogens is 3. The number of anilines is 1. The van der Waals surface area contributed by atoms with Crippen molar-refractivity contribution < 1.29 is 4.74 Å². The molecule has 0 atom stereocenters. The standard InChI is InChI=1S/C15H13BrN4O/c1-21-8-11-12(16)14(17)20-15(19-11)13-10-5-3-2-4-9(10)6-7-18-13/h2-7H,8H2,1H3,(H2,17,19,20). The fraction of sp³-hybridized carbons (Fsp3) is 0.133. The van der Waals surface area contributed by atoms with Crippen molar-refractivity contribution in [3.63, 3.8) is 0 Å². The van der Waals surface area contributed by atoms with Gasteiger partial charge >= 0.3 is 0 Å². The lowest BCUT2D eigenvalue weighted by atomic mass is 10.1. The first-order valence-electron chi connectivity index (χ1n) is 6.35. The van der Waals surface area contributed by atoms with Gasteiger partial charge in [0.15, 0.2) is 5.82 Å². The Hall–Kier alpha value is -2.05. The molecule has 0 amide bonds. The van der Waals surface area contributed by atoms with Crippen molar-refractivity contribution in [2.45, 2.75) is 6.61 Å². The Bertz CT molecular complexity index is 802. The lowest BCUT2D eigenvalue weighted by molar-refractivity contribution is 0.181. The molecule has 2 aromatic heterocycles. The maximum absolute atomic E-state index is 5.95. The third-order valence-electron chi connectivity index (χ3n) is 3.11. The van der Waals surface area contributed by atoms with Crippen LogP contribution in [0.25, 0.3) is 22.3 Å². The van der Waals surface area contributed by atoms with Crippen LogP contribution in [0.3, 0.4) is 0 Å². The Morgan fingerprint density at radius 1 is 1.19 bits per heavy atom. The van der Waals surface area contributed by atoms with Crippen molar-refractivity contribution in [3.8, 4) is 11.5 Å². The van der Waals surface area contributed by atoms with Crippen LogP contribution in [0.1, 0.15) is 5.69 Å². The van der Waals surface area contributed by atoms with E-state index in [0.29, 0.717) is 34.1 Å². The number of fused-ring (bicyclic) bond motifs is 1. The van der Waals surface area contributed by atoms with Gasteiger partial charge in [-0.2, -0.15) is 0 Å². The lowest BCUT2D eigenvalue weighted by Crippen LogP contribution is -2.04. The van der Waals surface area contributed by atoms with Crippen LogP contribution in [0, 0.1) is 0 Å². The number of hydrogen-bond donors (Lipinski definition) is 1. The van der Waals surface area contributed by atoms with Crippen LogP contribution in [0.5, 0.6) is 0 Å². The van der Waals surface area contributed by atoms with Crippen molar-refractivity contribution >= 4 is 32.5 Å². The molecule has 0 saturated carbocycles. The molecule has 0 radical (unpaired) electrons. The zero-order chi connectivity index (χ0) is 14.8. The lowest BCUT2D eigenvalue weighted by Gasteiger charge is -2.09. The zero-order valence-electron chi connectivity index (χ0n) is 11.4. The van der Waals surface area contributed by atoms with Crippen LogP contribution in [-0.4, -0.2) is 22.1 Å². The van der Waals surface area contributed by atoms with Gasteiger partial charge in [-0.05, 0) is 27.4 Å². The third-order valence-corrected chi connectivity index (χ3v) is 3.98. The molecular formula is C15H13BrN4O. The van der Waals surface area contributed by atoms with E-state index in [2.05, 4.69) is 30.9 Å². The van der Waals surface area contributed by atoms with E-state index in [1.54, 1.807) is 13.3 Å². The fourth-order valence-corrected chi connectivity index (χ4v) is 2.44. The average molecular weight is 345 g/mol. The number of nitrogen functional groups attached to an aromatic ring is 1. The molecule has 0 aliphatic heterocycles. The number of methoxy groups -OCH3 is 1. The molecule has 2 heterocycles. The van der Waals surface area contributed by atoms with Crippen LogP contribution in [0.4, 0.5) is 5.82 Å². The minimum Gasteiger partial charge on any atom is -0.383 e. The van der Waals surface area contributed by atoms with E-state index >= 15 is 0 Å². The number of halogens is 1. The topological polar surface area (TPSA) is 73.9 Å².